The first-order valence-electron chi connectivity index (χ1n) is 4.96. The maximum atomic E-state index is 11.3. The highest BCUT2D eigenvalue weighted by Gasteiger charge is 2.54. The molecule has 0 aromatic rings. The van der Waals surface area contributed by atoms with Crippen LogP contribution in [0.15, 0.2) is 0 Å². The molecule has 2 atom stereocenters. The van der Waals surface area contributed by atoms with Gasteiger partial charge >= 0.3 is 0 Å². The third kappa shape index (κ3) is 0.949. The Hall–Kier alpha value is -0.330. The molecule has 2 aliphatic carbocycles. The van der Waals surface area contributed by atoms with Gasteiger partial charge in [-0.2, -0.15) is 0 Å². The largest absolute Gasteiger partial charge is 0.300 e. The third-order valence-corrected chi connectivity index (χ3v) is 4.16. The quantitative estimate of drug-likeness (QED) is 0.541. The van der Waals surface area contributed by atoms with Crippen molar-refractivity contribution in [3.8, 4) is 0 Å². The van der Waals surface area contributed by atoms with Crippen molar-refractivity contribution in [2.75, 3.05) is 0 Å². The number of Topliss-reactive ketones (excluding diaryl/α,β-unsaturated/α-hetero) is 1. The van der Waals surface area contributed by atoms with Crippen molar-refractivity contribution in [1.82, 2.24) is 0 Å². The number of hydrogen-bond acceptors (Lipinski definition) is 1. The van der Waals surface area contributed by atoms with Crippen molar-refractivity contribution < 1.29 is 4.79 Å². The van der Waals surface area contributed by atoms with Gasteiger partial charge in [0.15, 0.2) is 0 Å². The fraction of sp³-hybridized carbons (Fsp3) is 0.909. The Balaban J connectivity index is 2.31. The molecule has 2 saturated carbocycles. The van der Waals surface area contributed by atoms with Gasteiger partial charge in [0, 0.05) is 12.8 Å². The molecule has 0 aromatic heterocycles. The van der Waals surface area contributed by atoms with Gasteiger partial charge in [-0.3, -0.25) is 4.79 Å². The minimum absolute atomic E-state index is 0.362. The van der Waals surface area contributed by atoms with Crippen molar-refractivity contribution in [3.63, 3.8) is 0 Å². The molecule has 0 aliphatic heterocycles. The SMILES string of the molecule is CC1(C)CCC2(C)CC(=O)CC12. The minimum atomic E-state index is 0.362. The molecule has 2 rings (SSSR count). The van der Waals surface area contributed by atoms with E-state index >= 15 is 0 Å². The predicted molar refractivity (Wildman–Crippen MR) is 48.9 cm³/mol. The Morgan fingerprint density at radius 3 is 2.50 bits per heavy atom. The van der Waals surface area contributed by atoms with Crippen LogP contribution in [-0.4, -0.2) is 5.78 Å². The van der Waals surface area contributed by atoms with E-state index < -0.39 is 0 Å². The van der Waals surface area contributed by atoms with Gasteiger partial charge < -0.3 is 0 Å². The smallest absolute Gasteiger partial charge is 0.133 e. The number of ketones is 1. The van der Waals surface area contributed by atoms with E-state index in [9.17, 15) is 4.79 Å². The Morgan fingerprint density at radius 1 is 1.25 bits per heavy atom. The monoisotopic (exact) mass is 166 g/mol. The summed E-state index contributed by atoms with van der Waals surface area (Å²) in [6, 6.07) is 0. The van der Waals surface area contributed by atoms with Crippen LogP contribution in [-0.2, 0) is 4.79 Å². The molecular weight excluding hydrogens is 148 g/mol. The molecule has 2 aliphatic rings. The fourth-order valence-corrected chi connectivity index (χ4v) is 3.38. The average molecular weight is 166 g/mol. The number of hydrogen-bond donors (Lipinski definition) is 0. The Kier molecular flexibility index (Phi) is 1.47. The van der Waals surface area contributed by atoms with Gasteiger partial charge in [-0.05, 0) is 29.6 Å². The van der Waals surface area contributed by atoms with Crippen LogP contribution in [0.1, 0.15) is 46.5 Å². The van der Waals surface area contributed by atoms with E-state index in [4.69, 9.17) is 0 Å². The number of rotatable bonds is 0. The molecule has 12 heavy (non-hydrogen) atoms. The zero-order chi connectivity index (χ0) is 8.98. The highest BCUT2D eigenvalue weighted by molar-refractivity contribution is 5.82. The van der Waals surface area contributed by atoms with Gasteiger partial charge in [0.25, 0.3) is 0 Å². The van der Waals surface area contributed by atoms with Gasteiger partial charge in [0.05, 0.1) is 0 Å². The van der Waals surface area contributed by atoms with Crippen LogP contribution in [0.25, 0.3) is 0 Å². The van der Waals surface area contributed by atoms with Crippen molar-refractivity contribution in [1.29, 1.82) is 0 Å². The summed E-state index contributed by atoms with van der Waals surface area (Å²) in [5.41, 5.74) is 0.779. The Bertz CT molecular complexity index is 229. The summed E-state index contributed by atoms with van der Waals surface area (Å²) in [5, 5.41) is 0. The second-order valence-electron chi connectivity index (χ2n) is 5.61. The molecule has 0 bridgehead atoms. The number of carbonyl (C=O) groups excluding carboxylic acids is 1. The molecule has 0 N–H and O–H groups in total. The summed E-state index contributed by atoms with van der Waals surface area (Å²) in [6.07, 6.45) is 4.27. The second-order valence-corrected chi connectivity index (χ2v) is 5.61. The van der Waals surface area contributed by atoms with E-state index in [0.717, 1.165) is 12.8 Å². The fourth-order valence-electron chi connectivity index (χ4n) is 3.38. The molecule has 0 amide bonds. The van der Waals surface area contributed by atoms with Crippen molar-refractivity contribution in [3.05, 3.63) is 0 Å². The van der Waals surface area contributed by atoms with Crippen LogP contribution < -0.4 is 0 Å². The molecule has 0 aromatic carbocycles. The molecule has 1 heteroatoms. The summed E-state index contributed by atoms with van der Waals surface area (Å²) >= 11 is 0. The molecule has 0 radical (unpaired) electrons. The normalized spacial score (nSPS) is 44.9. The maximum Gasteiger partial charge on any atom is 0.133 e. The lowest BCUT2D eigenvalue weighted by Gasteiger charge is -2.30. The summed E-state index contributed by atoms with van der Waals surface area (Å²) in [4.78, 5) is 11.3. The first-order chi connectivity index (χ1) is 5.44. The summed E-state index contributed by atoms with van der Waals surface area (Å²) in [5.74, 6) is 1.16. The zero-order valence-corrected chi connectivity index (χ0v) is 8.31. The van der Waals surface area contributed by atoms with Crippen LogP contribution >= 0.6 is 0 Å². The van der Waals surface area contributed by atoms with E-state index in [1.165, 1.54) is 12.8 Å². The number of carbonyl (C=O) groups is 1. The van der Waals surface area contributed by atoms with E-state index in [2.05, 4.69) is 20.8 Å². The van der Waals surface area contributed by atoms with E-state index in [0.29, 0.717) is 22.5 Å². The predicted octanol–water partition coefficient (Wildman–Crippen LogP) is 2.79. The van der Waals surface area contributed by atoms with Crippen LogP contribution in [0, 0.1) is 16.7 Å². The first kappa shape index (κ1) is 8.28. The molecular formula is C11H18O. The topological polar surface area (TPSA) is 17.1 Å². The highest BCUT2D eigenvalue weighted by Crippen LogP contribution is 2.60. The summed E-state index contributed by atoms with van der Waals surface area (Å²) < 4.78 is 0. The third-order valence-electron chi connectivity index (χ3n) is 4.16. The molecule has 0 heterocycles. The molecule has 0 spiro atoms. The van der Waals surface area contributed by atoms with E-state index in [-0.39, 0.29) is 0 Å². The molecule has 1 nitrogen and oxygen atoms in total. The molecule has 0 saturated heterocycles. The second kappa shape index (κ2) is 2.12. The van der Waals surface area contributed by atoms with E-state index in [1.807, 2.05) is 0 Å². The molecule has 68 valence electrons. The zero-order valence-electron chi connectivity index (χ0n) is 8.31. The maximum absolute atomic E-state index is 11.3. The van der Waals surface area contributed by atoms with Gasteiger partial charge in [0.1, 0.15) is 5.78 Å². The van der Waals surface area contributed by atoms with Gasteiger partial charge in [-0.1, -0.05) is 20.8 Å². The van der Waals surface area contributed by atoms with Crippen molar-refractivity contribution in [2.45, 2.75) is 46.5 Å². The van der Waals surface area contributed by atoms with Crippen LogP contribution in [0.4, 0.5) is 0 Å². The van der Waals surface area contributed by atoms with Gasteiger partial charge in [-0.15, -0.1) is 0 Å². The average Bonchev–Trinajstić information content (AvgIpc) is 2.32. The van der Waals surface area contributed by atoms with Crippen molar-refractivity contribution >= 4 is 5.78 Å². The van der Waals surface area contributed by atoms with Gasteiger partial charge in [0.2, 0.25) is 0 Å². The van der Waals surface area contributed by atoms with Crippen LogP contribution in [0.3, 0.4) is 0 Å². The summed E-state index contributed by atoms with van der Waals surface area (Å²) in [7, 11) is 0. The van der Waals surface area contributed by atoms with E-state index in [1.54, 1.807) is 0 Å². The number of fused-ring (bicyclic) bond motifs is 1. The van der Waals surface area contributed by atoms with Crippen LogP contribution in [0.2, 0.25) is 0 Å². The highest BCUT2D eigenvalue weighted by atomic mass is 16.1. The lowest BCUT2D eigenvalue weighted by atomic mass is 9.74. The standard InChI is InChI=1S/C11H18O/c1-10(2)4-5-11(3)7-8(12)6-9(10)11/h9H,4-7H2,1-3H3. The van der Waals surface area contributed by atoms with Crippen LogP contribution in [0.5, 0.6) is 0 Å². The van der Waals surface area contributed by atoms with Crippen molar-refractivity contribution in [2.24, 2.45) is 16.7 Å². The Labute approximate surface area is 74.5 Å². The lowest BCUT2D eigenvalue weighted by Crippen LogP contribution is -2.24. The van der Waals surface area contributed by atoms with Gasteiger partial charge in [-0.25, -0.2) is 0 Å². The minimum Gasteiger partial charge on any atom is -0.300 e. The summed E-state index contributed by atoms with van der Waals surface area (Å²) in [6.45, 7) is 6.94. The Morgan fingerprint density at radius 2 is 1.92 bits per heavy atom. The first-order valence-corrected chi connectivity index (χ1v) is 4.96. The lowest BCUT2D eigenvalue weighted by molar-refractivity contribution is -0.118. The molecule has 2 fully saturated rings. The molecule has 2 unspecified atom stereocenters.